The van der Waals surface area contributed by atoms with Gasteiger partial charge in [-0.2, -0.15) is 18.8 Å². The van der Waals surface area contributed by atoms with Crippen molar-refractivity contribution < 1.29 is 20.1 Å². The smallest absolute Gasteiger partial charge is 0.506 e. The van der Waals surface area contributed by atoms with E-state index in [1.807, 2.05) is 12.3 Å². The predicted molar refractivity (Wildman–Crippen MR) is 176 cm³/mol. The van der Waals surface area contributed by atoms with Gasteiger partial charge < -0.3 is 19.2 Å². The summed E-state index contributed by atoms with van der Waals surface area (Å²) in [6.07, 6.45) is 6.13. The first-order chi connectivity index (χ1) is 20.4. The van der Waals surface area contributed by atoms with E-state index in [-0.39, 0.29) is 20.1 Å². The zero-order valence-corrected chi connectivity index (χ0v) is 27.4. The maximum absolute atomic E-state index is 4.41. The fourth-order valence-corrected chi connectivity index (χ4v) is 5.76. The van der Waals surface area contributed by atoms with Crippen molar-refractivity contribution >= 4 is 43.8 Å². The summed E-state index contributed by atoms with van der Waals surface area (Å²) in [4.78, 5) is 8.76. The normalized spacial score (nSPS) is 13.0. The molecule has 7 aromatic rings. The molecule has 8 rings (SSSR count). The summed E-state index contributed by atoms with van der Waals surface area (Å²) in [5.74, 6) is 0. The molecule has 0 unspecified atom stereocenters. The van der Waals surface area contributed by atoms with Crippen LogP contribution in [0.3, 0.4) is 0 Å². The minimum atomic E-state index is 0. The van der Waals surface area contributed by atoms with Crippen molar-refractivity contribution in [3.8, 4) is 11.3 Å². The fraction of sp³-hybridized carbons (Fsp3) is 0.158. The topological polar surface area (TPSA) is 23.8 Å². The predicted octanol–water partition coefficient (Wildman–Crippen LogP) is 9.23. The van der Waals surface area contributed by atoms with Gasteiger partial charge in [-0.05, 0) is 68.8 Å². The number of rotatable bonds is 3. The average Bonchev–Trinajstić information content (AvgIpc) is 3.71. The number of anilines is 1. The van der Waals surface area contributed by atoms with E-state index in [4.69, 9.17) is 0 Å². The van der Waals surface area contributed by atoms with Gasteiger partial charge in [0.05, 0.1) is 0 Å². The van der Waals surface area contributed by atoms with Crippen LogP contribution in [0.1, 0.15) is 30.5 Å². The molecule has 0 radical (unpaired) electrons. The van der Waals surface area contributed by atoms with Crippen LogP contribution in [0.4, 0.5) is 5.69 Å². The number of hydrogen-bond acceptors (Lipinski definition) is 3. The Balaban J connectivity index is 0.000000176. The van der Waals surface area contributed by atoms with Crippen molar-refractivity contribution in [3.05, 3.63) is 133 Å². The molecule has 0 saturated carbocycles. The molecule has 0 aliphatic carbocycles. The third kappa shape index (κ3) is 5.07. The zero-order chi connectivity index (χ0) is 29.0. The molecule has 3 aromatic heterocycles. The maximum Gasteiger partial charge on any atom is 3.00 e. The molecule has 4 heterocycles. The zero-order valence-electron chi connectivity index (χ0n) is 25.0. The number of benzene rings is 4. The van der Waals surface area contributed by atoms with Gasteiger partial charge in [-0.1, -0.05) is 60.5 Å². The number of fused-ring (bicyclic) bond motifs is 6. The Kier molecular flexibility index (Phi) is 7.72. The molecular weight excluding hydrogens is 705 g/mol. The standard InChI is InChI=1S/C24H19N3.C14H14N.Ir/c1-16(2)25-12-13-26(15-25)17-10-11-23-21(14-17)20-8-5-7-19-18-6-3-4-9-22(18)27(23)24(19)20;1-10-4-6-13(7-5-10)14-8-11(2)12(3)9-15-14;/h3-9,11-16H,1-2H3;4-6,8-9H,1-3H3;/q-2;-1;+3. The van der Waals surface area contributed by atoms with Gasteiger partial charge >= 0.3 is 20.1 Å². The Labute approximate surface area is 267 Å². The summed E-state index contributed by atoms with van der Waals surface area (Å²) in [5.41, 5.74) is 10.6. The molecule has 43 heavy (non-hydrogen) atoms. The first-order valence-electron chi connectivity index (χ1n) is 14.5. The second-order valence-corrected chi connectivity index (χ2v) is 11.5. The van der Waals surface area contributed by atoms with Crippen molar-refractivity contribution in [2.24, 2.45) is 0 Å². The van der Waals surface area contributed by atoms with Gasteiger partial charge in [-0.15, -0.1) is 52.5 Å². The Bertz CT molecular complexity index is 2090. The Morgan fingerprint density at radius 2 is 1.51 bits per heavy atom. The number of para-hydroxylation sites is 2. The molecule has 0 N–H and O–H groups in total. The van der Waals surface area contributed by atoms with E-state index in [1.165, 1.54) is 54.8 Å². The molecule has 4 nitrogen and oxygen atoms in total. The summed E-state index contributed by atoms with van der Waals surface area (Å²) in [6.45, 7) is 12.8. The minimum absolute atomic E-state index is 0. The fourth-order valence-electron chi connectivity index (χ4n) is 5.76. The van der Waals surface area contributed by atoms with E-state index in [0.29, 0.717) is 6.04 Å². The molecule has 0 atom stereocenters. The number of hydrogen-bond donors (Lipinski definition) is 0. The summed E-state index contributed by atoms with van der Waals surface area (Å²) in [5, 5.41) is 5.21. The van der Waals surface area contributed by atoms with Gasteiger partial charge in [0.2, 0.25) is 0 Å². The summed E-state index contributed by atoms with van der Waals surface area (Å²) in [6, 6.07) is 35.1. The largest absolute Gasteiger partial charge is 3.00 e. The van der Waals surface area contributed by atoms with Crippen LogP contribution >= 0.6 is 0 Å². The monoisotopic (exact) mass is 738 g/mol. The molecule has 0 saturated heterocycles. The third-order valence-corrected chi connectivity index (χ3v) is 8.29. The van der Waals surface area contributed by atoms with Gasteiger partial charge in [0.15, 0.2) is 0 Å². The van der Waals surface area contributed by atoms with Crippen molar-refractivity contribution in [3.63, 3.8) is 0 Å². The van der Waals surface area contributed by atoms with E-state index in [0.717, 1.165) is 16.9 Å². The van der Waals surface area contributed by atoms with Gasteiger partial charge in [0, 0.05) is 28.0 Å². The first kappa shape index (κ1) is 28.9. The van der Waals surface area contributed by atoms with Crippen LogP contribution in [0.25, 0.3) is 49.4 Å². The summed E-state index contributed by atoms with van der Waals surface area (Å²) < 4.78 is 2.39. The van der Waals surface area contributed by atoms with Gasteiger partial charge in [-0.25, -0.2) is 0 Å². The average molecular weight is 738 g/mol. The second-order valence-electron chi connectivity index (χ2n) is 11.5. The van der Waals surface area contributed by atoms with Crippen molar-refractivity contribution in [2.75, 3.05) is 4.90 Å². The van der Waals surface area contributed by atoms with Gasteiger partial charge in [-0.3, -0.25) is 0 Å². The molecular formula is C38H33IrN4. The summed E-state index contributed by atoms with van der Waals surface area (Å²) >= 11 is 0. The van der Waals surface area contributed by atoms with Crippen LogP contribution in [-0.4, -0.2) is 20.3 Å². The molecule has 5 heteroatoms. The molecule has 4 aromatic carbocycles. The van der Waals surface area contributed by atoms with Gasteiger partial charge in [0.25, 0.3) is 0 Å². The van der Waals surface area contributed by atoms with Crippen LogP contribution in [0, 0.1) is 39.6 Å². The Hall–Kier alpha value is -4.18. The quantitative estimate of drug-likeness (QED) is 0.169. The molecule has 0 spiro atoms. The van der Waals surface area contributed by atoms with E-state index >= 15 is 0 Å². The van der Waals surface area contributed by atoms with Crippen molar-refractivity contribution in [2.45, 2.75) is 40.7 Å². The molecule has 0 amide bonds. The second kappa shape index (κ2) is 11.5. The molecule has 1 aliphatic rings. The first-order valence-corrected chi connectivity index (χ1v) is 14.5. The van der Waals surface area contributed by atoms with E-state index in [9.17, 15) is 0 Å². The van der Waals surface area contributed by atoms with E-state index in [2.05, 4.69) is 158 Å². The number of aryl methyl sites for hydroxylation is 3. The Morgan fingerprint density at radius 3 is 2.23 bits per heavy atom. The SMILES string of the molecule is CC(C)N1C=CN(c2[c-]cc3c(c2)c2cccc4c5ccccc5n3c24)[CH-]1.Cc1c[c-]c(-c2cc(C)c(C)cn2)cc1.[Ir+3]. The van der Waals surface area contributed by atoms with Crippen LogP contribution in [0.2, 0.25) is 0 Å². The van der Waals surface area contributed by atoms with Crippen molar-refractivity contribution in [1.82, 2.24) is 14.3 Å². The maximum atomic E-state index is 4.41. The van der Waals surface area contributed by atoms with E-state index < -0.39 is 0 Å². The minimum Gasteiger partial charge on any atom is -0.506 e. The number of aromatic nitrogens is 2. The molecule has 214 valence electrons. The Morgan fingerprint density at radius 1 is 0.744 bits per heavy atom. The van der Waals surface area contributed by atoms with Crippen LogP contribution < -0.4 is 4.90 Å². The molecule has 0 bridgehead atoms. The third-order valence-electron chi connectivity index (χ3n) is 8.29. The summed E-state index contributed by atoms with van der Waals surface area (Å²) in [7, 11) is 0. The number of nitrogens with zero attached hydrogens (tertiary/aromatic N) is 4. The van der Waals surface area contributed by atoms with Crippen molar-refractivity contribution in [1.29, 1.82) is 0 Å². The van der Waals surface area contributed by atoms with Crippen LogP contribution in [-0.2, 0) is 20.1 Å². The molecule has 0 fully saturated rings. The van der Waals surface area contributed by atoms with Crippen LogP contribution in [0.5, 0.6) is 0 Å². The van der Waals surface area contributed by atoms with Crippen LogP contribution in [0.15, 0.2) is 97.5 Å². The number of pyridine rings is 1. The van der Waals surface area contributed by atoms with Gasteiger partial charge in [0.1, 0.15) is 0 Å². The van der Waals surface area contributed by atoms with E-state index in [1.54, 1.807) is 0 Å². The molecule has 1 aliphatic heterocycles.